The molecule has 0 aliphatic heterocycles. The summed E-state index contributed by atoms with van der Waals surface area (Å²) in [5, 5.41) is 2.05. The second-order valence-corrected chi connectivity index (χ2v) is 5.71. The van der Waals surface area contributed by atoms with Crippen molar-refractivity contribution < 1.29 is 4.79 Å². The lowest BCUT2D eigenvalue weighted by atomic mass is 9.80. The van der Waals surface area contributed by atoms with E-state index in [0.717, 1.165) is 18.8 Å². The molecule has 0 N–H and O–H groups in total. The van der Waals surface area contributed by atoms with Crippen molar-refractivity contribution in [1.82, 2.24) is 0 Å². The van der Waals surface area contributed by atoms with Crippen LogP contribution < -0.4 is 0 Å². The standard InChI is InChI=1S/C13H18OS/c1-10-4-6-11(7-5-10)13(14)9-12-3-2-8-15-12/h2-3,8,10-11H,4-7,9H2,1H3. The van der Waals surface area contributed by atoms with Crippen molar-refractivity contribution in [3.63, 3.8) is 0 Å². The number of Topliss-reactive ketones (excluding diaryl/α,β-unsaturated/α-hetero) is 1. The highest BCUT2D eigenvalue weighted by Crippen LogP contribution is 2.29. The average molecular weight is 222 g/mol. The van der Waals surface area contributed by atoms with Gasteiger partial charge in [0.25, 0.3) is 0 Å². The monoisotopic (exact) mass is 222 g/mol. The topological polar surface area (TPSA) is 17.1 Å². The van der Waals surface area contributed by atoms with Gasteiger partial charge in [-0.15, -0.1) is 11.3 Å². The Bertz CT molecular complexity index is 307. The maximum atomic E-state index is 12.0. The summed E-state index contributed by atoms with van der Waals surface area (Å²) in [6.45, 7) is 2.29. The van der Waals surface area contributed by atoms with Gasteiger partial charge in [-0.3, -0.25) is 4.79 Å². The normalized spacial score (nSPS) is 26.5. The lowest BCUT2D eigenvalue weighted by molar-refractivity contribution is -0.123. The molecular formula is C13H18OS. The zero-order valence-corrected chi connectivity index (χ0v) is 10.1. The van der Waals surface area contributed by atoms with Gasteiger partial charge in [-0.2, -0.15) is 0 Å². The minimum atomic E-state index is 0.350. The van der Waals surface area contributed by atoms with Crippen LogP contribution in [0.3, 0.4) is 0 Å². The van der Waals surface area contributed by atoms with Crippen LogP contribution in [0.5, 0.6) is 0 Å². The quantitative estimate of drug-likeness (QED) is 0.762. The Balaban J connectivity index is 1.86. The number of thiophene rings is 1. The van der Waals surface area contributed by atoms with Gasteiger partial charge in [-0.05, 0) is 30.2 Å². The molecular weight excluding hydrogens is 204 g/mol. The highest BCUT2D eigenvalue weighted by Gasteiger charge is 2.24. The van der Waals surface area contributed by atoms with Crippen LogP contribution in [0.1, 0.15) is 37.5 Å². The summed E-state index contributed by atoms with van der Waals surface area (Å²) in [4.78, 5) is 13.2. The molecule has 0 bridgehead atoms. The smallest absolute Gasteiger partial charge is 0.141 e. The van der Waals surface area contributed by atoms with Crippen LogP contribution in [0.4, 0.5) is 0 Å². The van der Waals surface area contributed by atoms with E-state index in [4.69, 9.17) is 0 Å². The first kappa shape index (κ1) is 10.9. The Morgan fingerprint density at radius 2 is 2.13 bits per heavy atom. The Morgan fingerprint density at radius 3 is 2.73 bits per heavy atom. The van der Waals surface area contributed by atoms with E-state index in [9.17, 15) is 4.79 Å². The average Bonchev–Trinajstić information content (AvgIpc) is 2.71. The van der Waals surface area contributed by atoms with Gasteiger partial charge in [-0.25, -0.2) is 0 Å². The third-order valence-corrected chi connectivity index (χ3v) is 4.28. The third-order valence-electron chi connectivity index (χ3n) is 3.40. The number of carbonyl (C=O) groups excluding carboxylic acids is 1. The third kappa shape index (κ3) is 2.91. The van der Waals surface area contributed by atoms with E-state index in [-0.39, 0.29) is 0 Å². The highest BCUT2D eigenvalue weighted by molar-refractivity contribution is 7.10. The first-order valence-corrected chi connectivity index (χ1v) is 6.69. The number of rotatable bonds is 3. The Morgan fingerprint density at radius 1 is 1.40 bits per heavy atom. The molecule has 1 fully saturated rings. The van der Waals surface area contributed by atoms with Crippen LogP contribution in [0, 0.1) is 11.8 Å². The Hall–Kier alpha value is -0.630. The van der Waals surface area contributed by atoms with Crippen LogP contribution in [0.15, 0.2) is 17.5 Å². The van der Waals surface area contributed by atoms with Crippen molar-refractivity contribution in [3.05, 3.63) is 22.4 Å². The van der Waals surface area contributed by atoms with Gasteiger partial charge in [0, 0.05) is 17.2 Å². The fraction of sp³-hybridized carbons (Fsp3) is 0.615. The molecule has 1 saturated carbocycles. The van der Waals surface area contributed by atoms with Gasteiger partial charge in [0.15, 0.2) is 0 Å². The zero-order chi connectivity index (χ0) is 10.7. The summed E-state index contributed by atoms with van der Waals surface area (Å²) in [7, 11) is 0. The molecule has 1 aromatic heterocycles. The van der Waals surface area contributed by atoms with E-state index in [0.29, 0.717) is 18.1 Å². The summed E-state index contributed by atoms with van der Waals surface area (Å²) < 4.78 is 0. The Kier molecular flexibility index (Phi) is 3.57. The van der Waals surface area contributed by atoms with E-state index in [1.54, 1.807) is 11.3 Å². The molecule has 2 rings (SSSR count). The van der Waals surface area contributed by atoms with Gasteiger partial charge in [0.05, 0.1) is 0 Å². The predicted octanol–water partition coefficient (Wildman–Crippen LogP) is 3.69. The van der Waals surface area contributed by atoms with Crippen molar-refractivity contribution in [1.29, 1.82) is 0 Å². The van der Waals surface area contributed by atoms with Gasteiger partial charge < -0.3 is 0 Å². The lowest BCUT2D eigenvalue weighted by Crippen LogP contribution is -2.22. The molecule has 0 atom stereocenters. The lowest BCUT2D eigenvalue weighted by Gasteiger charge is -2.24. The zero-order valence-electron chi connectivity index (χ0n) is 9.24. The van der Waals surface area contributed by atoms with E-state index in [2.05, 4.69) is 13.0 Å². The first-order chi connectivity index (χ1) is 7.25. The van der Waals surface area contributed by atoms with Crippen molar-refractivity contribution in [2.75, 3.05) is 0 Å². The van der Waals surface area contributed by atoms with E-state index < -0.39 is 0 Å². The second kappa shape index (κ2) is 4.93. The molecule has 0 aromatic carbocycles. The SMILES string of the molecule is CC1CCC(C(=O)Cc2cccs2)CC1. The van der Waals surface area contributed by atoms with Crippen LogP contribution in [0.25, 0.3) is 0 Å². The molecule has 1 heterocycles. The summed E-state index contributed by atoms with van der Waals surface area (Å²) >= 11 is 1.69. The predicted molar refractivity (Wildman–Crippen MR) is 64.2 cm³/mol. The largest absolute Gasteiger partial charge is 0.299 e. The van der Waals surface area contributed by atoms with E-state index in [1.165, 1.54) is 17.7 Å². The van der Waals surface area contributed by atoms with Crippen LogP contribution in [0.2, 0.25) is 0 Å². The van der Waals surface area contributed by atoms with Gasteiger partial charge in [-0.1, -0.05) is 25.8 Å². The molecule has 2 heteroatoms. The van der Waals surface area contributed by atoms with Crippen LogP contribution in [-0.2, 0) is 11.2 Å². The minimum absolute atomic E-state index is 0.350. The molecule has 0 amide bonds. The number of hydrogen-bond donors (Lipinski definition) is 0. The van der Waals surface area contributed by atoms with E-state index >= 15 is 0 Å². The molecule has 0 radical (unpaired) electrons. The fourth-order valence-electron chi connectivity index (χ4n) is 2.31. The highest BCUT2D eigenvalue weighted by atomic mass is 32.1. The maximum Gasteiger partial charge on any atom is 0.141 e. The second-order valence-electron chi connectivity index (χ2n) is 4.68. The van der Waals surface area contributed by atoms with Crippen molar-refractivity contribution in [3.8, 4) is 0 Å². The Labute approximate surface area is 95.5 Å². The van der Waals surface area contributed by atoms with Crippen LogP contribution >= 0.6 is 11.3 Å². The maximum absolute atomic E-state index is 12.0. The molecule has 15 heavy (non-hydrogen) atoms. The van der Waals surface area contributed by atoms with Gasteiger partial charge in [0.2, 0.25) is 0 Å². The van der Waals surface area contributed by atoms with E-state index in [1.807, 2.05) is 11.4 Å². The van der Waals surface area contributed by atoms with Crippen molar-refractivity contribution >= 4 is 17.1 Å². The molecule has 1 aromatic rings. The fourth-order valence-corrected chi connectivity index (χ4v) is 3.03. The number of carbonyl (C=O) groups is 1. The summed E-state index contributed by atoms with van der Waals surface area (Å²) in [5.41, 5.74) is 0. The van der Waals surface area contributed by atoms with Crippen molar-refractivity contribution in [2.24, 2.45) is 11.8 Å². The minimum Gasteiger partial charge on any atom is -0.299 e. The number of hydrogen-bond acceptors (Lipinski definition) is 2. The summed E-state index contributed by atoms with van der Waals surface area (Å²) in [5.74, 6) is 1.64. The van der Waals surface area contributed by atoms with Crippen molar-refractivity contribution in [2.45, 2.75) is 39.0 Å². The molecule has 0 spiro atoms. The summed E-state index contributed by atoms with van der Waals surface area (Å²) in [6.07, 6.45) is 5.37. The molecule has 1 nitrogen and oxygen atoms in total. The molecule has 1 aliphatic rings. The molecule has 1 aliphatic carbocycles. The van der Waals surface area contributed by atoms with Crippen LogP contribution in [-0.4, -0.2) is 5.78 Å². The summed E-state index contributed by atoms with van der Waals surface area (Å²) in [6, 6.07) is 4.09. The number of ketones is 1. The van der Waals surface area contributed by atoms with Gasteiger partial charge >= 0.3 is 0 Å². The molecule has 0 saturated heterocycles. The van der Waals surface area contributed by atoms with Gasteiger partial charge in [0.1, 0.15) is 5.78 Å². The molecule has 82 valence electrons. The molecule has 0 unspecified atom stereocenters. The first-order valence-electron chi connectivity index (χ1n) is 5.81.